The standard InChI is InChI=1S/C15H11F2NO/c16-12-7-10(9-19)8-13(17)15(12)18-6-5-11-3-1-2-4-14(11)18/h1-4,7-9H,5-6H2. The lowest BCUT2D eigenvalue weighted by atomic mass is 10.1. The highest BCUT2D eigenvalue weighted by Crippen LogP contribution is 2.37. The van der Waals surface area contributed by atoms with Gasteiger partial charge in [-0.1, -0.05) is 18.2 Å². The van der Waals surface area contributed by atoms with Crippen molar-refractivity contribution in [2.24, 2.45) is 0 Å². The highest BCUT2D eigenvalue weighted by molar-refractivity contribution is 5.78. The number of carbonyl (C=O) groups is 1. The van der Waals surface area contributed by atoms with Crippen molar-refractivity contribution in [3.63, 3.8) is 0 Å². The molecule has 0 spiro atoms. The van der Waals surface area contributed by atoms with Crippen molar-refractivity contribution in [3.05, 3.63) is 59.2 Å². The first-order valence-corrected chi connectivity index (χ1v) is 6.00. The lowest BCUT2D eigenvalue weighted by molar-refractivity contribution is 0.112. The average Bonchev–Trinajstić information content (AvgIpc) is 2.82. The number of fused-ring (bicyclic) bond motifs is 1. The maximum atomic E-state index is 14.0. The number of benzene rings is 2. The maximum absolute atomic E-state index is 14.0. The van der Waals surface area contributed by atoms with Crippen molar-refractivity contribution in [1.29, 1.82) is 0 Å². The number of nitrogens with zero attached hydrogens (tertiary/aromatic N) is 1. The lowest BCUT2D eigenvalue weighted by Crippen LogP contribution is -2.16. The van der Waals surface area contributed by atoms with Gasteiger partial charge >= 0.3 is 0 Å². The Morgan fingerprint density at radius 1 is 1.11 bits per heavy atom. The van der Waals surface area contributed by atoms with E-state index in [1.165, 1.54) is 0 Å². The summed E-state index contributed by atoms with van der Waals surface area (Å²) in [5, 5.41) is 0. The van der Waals surface area contributed by atoms with E-state index in [4.69, 9.17) is 0 Å². The van der Waals surface area contributed by atoms with Crippen molar-refractivity contribution in [1.82, 2.24) is 0 Å². The van der Waals surface area contributed by atoms with Crippen molar-refractivity contribution in [2.75, 3.05) is 11.4 Å². The number of aldehydes is 1. The third kappa shape index (κ3) is 1.89. The monoisotopic (exact) mass is 259 g/mol. The van der Waals surface area contributed by atoms with E-state index in [0.29, 0.717) is 12.8 Å². The Labute approximate surface area is 109 Å². The molecule has 2 aromatic carbocycles. The van der Waals surface area contributed by atoms with Crippen LogP contribution in [0.4, 0.5) is 20.2 Å². The zero-order valence-corrected chi connectivity index (χ0v) is 10.1. The second kappa shape index (κ2) is 4.46. The summed E-state index contributed by atoms with van der Waals surface area (Å²) in [6.45, 7) is 0.535. The van der Waals surface area contributed by atoms with E-state index < -0.39 is 11.6 Å². The third-order valence-electron chi connectivity index (χ3n) is 3.33. The van der Waals surface area contributed by atoms with Gasteiger partial charge in [-0.05, 0) is 30.2 Å². The van der Waals surface area contributed by atoms with Gasteiger partial charge in [0.2, 0.25) is 0 Å². The fourth-order valence-corrected chi connectivity index (χ4v) is 2.48. The normalized spacial score (nSPS) is 13.5. The fraction of sp³-hybridized carbons (Fsp3) is 0.133. The van der Waals surface area contributed by atoms with Crippen LogP contribution in [0.2, 0.25) is 0 Å². The van der Waals surface area contributed by atoms with E-state index in [1.54, 1.807) is 4.90 Å². The Kier molecular flexibility index (Phi) is 2.78. The Morgan fingerprint density at radius 2 is 1.79 bits per heavy atom. The van der Waals surface area contributed by atoms with Gasteiger partial charge < -0.3 is 4.90 Å². The summed E-state index contributed by atoms with van der Waals surface area (Å²) in [6, 6.07) is 9.66. The summed E-state index contributed by atoms with van der Waals surface area (Å²) in [5.41, 5.74) is 1.81. The zero-order chi connectivity index (χ0) is 13.4. The summed E-state index contributed by atoms with van der Waals surface area (Å²) < 4.78 is 28.0. The molecule has 0 radical (unpaired) electrons. The van der Waals surface area contributed by atoms with Crippen LogP contribution in [0.3, 0.4) is 0 Å². The first-order valence-electron chi connectivity index (χ1n) is 6.00. The molecule has 0 amide bonds. The molecular weight excluding hydrogens is 248 g/mol. The fourth-order valence-electron chi connectivity index (χ4n) is 2.48. The molecule has 0 aliphatic carbocycles. The number of hydrogen-bond donors (Lipinski definition) is 0. The van der Waals surface area contributed by atoms with Crippen molar-refractivity contribution in [3.8, 4) is 0 Å². The Hall–Kier alpha value is -2.23. The van der Waals surface area contributed by atoms with Gasteiger partial charge in [0.05, 0.1) is 0 Å². The van der Waals surface area contributed by atoms with E-state index >= 15 is 0 Å². The highest BCUT2D eigenvalue weighted by atomic mass is 19.1. The molecular formula is C15H11F2NO. The summed E-state index contributed by atoms with van der Waals surface area (Å²) >= 11 is 0. The molecule has 19 heavy (non-hydrogen) atoms. The van der Waals surface area contributed by atoms with Crippen LogP contribution in [0.15, 0.2) is 36.4 Å². The molecule has 1 aliphatic rings. The molecule has 0 aromatic heterocycles. The summed E-state index contributed by atoms with van der Waals surface area (Å²) in [7, 11) is 0. The van der Waals surface area contributed by atoms with Crippen LogP contribution in [-0.2, 0) is 6.42 Å². The van der Waals surface area contributed by atoms with E-state index in [9.17, 15) is 13.6 Å². The third-order valence-corrected chi connectivity index (χ3v) is 3.33. The van der Waals surface area contributed by atoms with Crippen LogP contribution in [0.1, 0.15) is 15.9 Å². The largest absolute Gasteiger partial charge is 0.336 e. The van der Waals surface area contributed by atoms with Crippen molar-refractivity contribution in [2.45, 2.75) is 6.42 Å². The van der Waals surface area contributed by atoms with Gasteiger partial charge in [0.15, 0.2) is 11.6 Å². The van der Waals surface area contributed by atoms with Crippen LogP contribution >= 0.6 is 0 Å². The van der Waals surface area contributed by atoms with E-state index in [-0.39, 0.29) is 11.3 Å². The van der Waals surface area contributed by atoms with E-state index in [1.807, 2.05) is 24.3 Å². The van der Waals surface area contributed by atoms with Crippen LogP contribution < -0.4 is 4.90 Å². The summed E-state index contributed by atoms with van der Waals surface area (Å²) in [4.78, 5) is 12.2. The molecule has 0 fully saturated rings. The number of hydrogen-bond acceptors (Lipinski definition) is 2. The van der Waals surface area contributed by atoms with Gasteiger partial charge in [-0.2, -0.15) is 0 Å². The second-order valence-electron chi connectivity index (χ2n) is 4.48. The summed E-state index contributed by atoms with van der Waals surface area (Å²) in [6.07, 6.45) is 1.19. The quantitative estimate of drug-likeness (QED) is 0.770. The molecule has 0 bridgehead atoms. The number of para-hydroxylation sites is 1. The predicted octanol–water partition coefficient (Wildman–Crippen LogP) is 3.47. The minimum absolute atomic E-state index is 0.00577. The smallest absolute Gasteiger partial charge is 0.150 e. The number of rotatable bonds is 2. The van der Waals surface area contributed by atoms with Crippen LogP contribution in [-0.4, -0.2) is 12.8 Å². The molecule has 0 saturated heterocycles. The molecule has 1 aliphatic heterocycles. The molecule has 2 aromatic rings. The molecule has 1 heterocycles. The molecule has 3 rings (SSSR count). The van der Waals surface area contributed by atoms with Gasteiger partial charge in [-0.15, -0.1) is 0 Å². The number of anilines is 2. The average molecular weight is 259 g/mol. The van der Waals surface area contributed by atoms with Crippen molar-refractivity contribution < 1.29 is 13.6 Å². The minimum atomic E-state index is -0.709. The highest BCUT2D eigenvalue weighted by Gasteiger charge is 2.25. The molecule has 0 unspecified atom stereocenters. The minimum Gasteiger partial charge on any atom is -0.336 e. The van der Waals surface area contributed by atoms with Gasteiger partial charge in [-0.3, -0.25) is 4.79 Å². The number of carbonyl (C=O) groups excluding carboxylic acids is 1. The molecule has 0 atom stereocenters. The van der Waals surface area contributed by atoms with Gasteiger partial charge in [0, 0.05) is 17.8 Å². The SMILES string of the molecule is O=Cc1cc(F)c(N2CCc3ccccc32)c(F)c1. The lowest BCUT2D eigenvalue weighted by Gasteiger charge is -2.21. The Bertz CT molecular complexity index is 631. The first kappa shape index (κ1) is 11.8. The Morgan fingerprint density at radius 3 is 2.47 bits per heavy atom. The van der Waals surface area contributed by atoms with E-state index in [0.717, 1.165) is 29.8 Å². The van der Waals surface area contributed by atoms with Crippen LogP contribution in [0.25, 0.3) is 0 Å². The van der Waals surface area contributed by atoms with Crippen LogP contribution in [0.5, 0.6) is 0 Å². The maximum Gasteiger partial charge on any atom is 0.150 e. The second-order valence-corrected chi connectivity index (χ2v) is 4.48. The first-order chi connectivity index (χ1) is 9.20. The predicted molar refractivity (Wildman–Crippen MR) is 68.9 cm³/mol. The van der Waals surface area contributed by atoms with E-state index in [2.05, 4.69) is 0 Å². The number of halogens is 2. The summed E-state index contributed by atoms with van der Waals surface area (Å²) in [5.74, 6) is -1.42. The molecule has 0 saturated carbocycles. The topological polar surface area (TPSA) is 20.3 Å². The molecule has 2 nitrogen and oxygen atoms in total. The van der Waals surface area contributed by atoms with Gasteiger partial charge in [0.1, 0.15) is 12.0 Å². The van der Waals surface area contributed by atoms with Crippen LogP contribution in [0, 0.1) is 11.6 Å². The zero-order valence-electron chi connectivity index (χ0n) is 10.1. The molecule has 96 valence electrons. The Balaban J connectivity index is 2.12. The molecule has 4 heteroatoms. The molecule has 0 N–H and O–H groups in total. The van der Waals surface area contributed by atoms with Gasteiger partial charge in [0.25, 0.3) is 0 Å². The van der Waals surface area contributed by atoms with Crippen molar-refractivity contribution >= 4 is 17.7 Å². The van der Waals surface area contributed by atoms with Gasteiger partial charge in [-0.25, -0.2) is 8.78 Å².